The van der Waals surface area contributed by atoms with E-state index in [1.165, 1.54) is 10.7 Å². The average molecular weight is 342 g/mol. The molecule has 1 atom stereocenters. The fourth-order valence-corrected chi connectivity index (χ4v) is 2.86. The summed E-state index contributed by atoms with van der Waals surface area (Å²) in [6, 6.07) is 1.81. The number of H-pyrrole nitrogens is 1. The number of hydrogen-bond acceptors (Lipinski definition) is 5. The first-order chi connectivity index (χ1) is 9.48. The van der Waals surface area contributed by atoms with Gasteiger partial charge in [0, 0.05) is 24.5 Å². The zero-order valence-electron chi connectivity index (χ0n) is 11.3. The van der Waals surface area contributed by atoms with Gasteiger partial charge in [-0.15, -0.1) is 0 Å². The molecule has 0 aliphatic carbocycles. The van der Waals surface area contributed by atoms with Gasteiger partial charge in [0.1, 0.15) is 12.1 Å². The van der Waals surface area contributed by atoms with Gasteiger partial charge in [-0.05, 0) is 13.8 Å². The van der Waals surface area contributed by atoms with Crippen LogP contribution in [0.25, 0.3) is 5.65 Å². The van der Waals surface area contributed by atoms with Crippen LogP contribution in [0.2, 0.25) is 0 Å². The molecule has 8 heteroatoms. The van der Waals surface area contributed by atoms with E-state index in [-0.39, 0.29) is 17.4 Å². The van der Waals surface area contributed by atoms with E-state index >= 15 is 0 Å². The van der Waals surface area contributed by atoms with Crippen LogP contribution in [0.1, 0.15) is 13.8 Å². The number of nitrogens with one attached hydrogen (secondary N) is 1. The van der Waals surface area contributed by atoms with Gasteiger partial charge in [-0.1, -0.05) is 15.9 Å². The van der Waals surface area contributed by atoms with Crippen molar-refractivity contribution < 1.29 is 4.74 Å². The molecule has 3 heterocycles. The molecule has 1 fully saturated rings. The third-order valence-corrected chi connectivity index (χ3v) is 4.00. The van der Waals surface area contributed by atoms with Crippen molar-refractivity contribution in [3.8, 4) is 0 Å². The number of hydrogen-bond donors (Lipinski definition) is 1. The first-order valence-electron chi connectivity index (χ1n) is 6.40. The second-order valence-corrected chi connectivity index (χ2v) is 6.19. The van der Waals surface area contributed by atoms with Crippen molar-refractivity contribution in [1.82, 2.24) is 19.6 Å². The van der Waals surface area contributed by atoms with Crippen molar-refractivity contribution in [1.29, 1.82) is 0 Å². The zero-order chi connectivity index (χ0) is 14.3. The SMILES string of the molecule is CC1(C)CN(c2cc3n[nH]c(=O)n3cn2)CC(CBr)O1. The van der Waals surface area contributed by atoms with E-state index in [1.807, 2.05) is 6.07 Å². The third-order valence-electron chi connectivity index (χ3n) is 3.27. The van der Waals surface area contributed by atoms with Gasteiger partial charge in [0.2, 0.25) is 0 Å². The smallest absolute Gasteiger partial charge is 0.348 e. The Morgan fingerprint density at radius 2 is 2.40 bits per heavy atom. The summed E-state index contributed by atoms with van der Waals surface area (Å²) in [5.41, 5.74) is 0.0508. The van der Waals surface area contributed by atoms with Gasteiger partial charge in [-0.3, -0.25) is 0 Å². The fraction of sp³-hybridized carbons (Fsp3) is 0.583. The van der Waals surface area contributed by atoms with Crippen molar-refractivity contribution >= 4 is 27.4 Å². The Hall–Kier alpha value is -1.41. The first kappa shape index (κ1) is 13.6. The van der Waals surface area contributed by atoms with Crippen molar-refractivity contribution in [2.75, 3.05) is 23.3 Å². The Morgan fingerprint density at radius 3 is 3.15 bits per heavy atom. The normalized spacial score (nSPS) is 22.4. The maximum atomic E-state index is 11.4. The average Bonchev–Trinajstić information content (AvgIpc) is 2.78. The van der Waals surface area contributed by atoms with E-state index in [0.29, 0.717) is 5.65 Å². The molecular weight excluding hydrogens is 326 g/mol. The summed E-state index contributed by atoms with van der Waals surface area (Å²) >= 11 is 3.47. The molecule has 2 aromatic rings. The Kier molecular flexibility index (Phi) is 3.29. The summed E-state index contributed by atoms with van der Waals surface area (Å²) in [6.07, 6.45) is 1.61. The van der Waals surface area contributed by atoms with E-state index in [9.17, 15) is 4.79 Å². The van der Waals surface area contributed by atoms with Gasteiger partial charge in [-0.2, -0.15) is 5.10 Å². The molecule has 0 radical (unpaired) electrons. The highest BCUT2D eigenvalue weighted by atomic mass is 79.9. The molecule has 1 unspecified atom stereocenters. The minimum absolute atomic E-state index is 0.109. The summed E-state index contributed by atoms with van der Waals surface area (Å²) in [6.45, 7) is 5.62. The highest BCUT2D eigenvalue weighted by Crippen LogP contribution is 2.25. The van der Waals surface area contributed by atoms with E-state index in [4.69, 9.17) is 4.74 Å². The number of halogens is 1. The largest absolute Gasteiger partial charge is 0.368 e. The standard InChI is InChI=1S/C12H16BrN5O2/c1-12(2)6-17(5-8(4-13)20-12)9-3-10-15-16-11(19)18(10)7-14-9/h3,7-8H,4-6H2,1-2H3,(H,16,19). The number of rotatable bonds is 2. The number of fused-ring (bicyclic) bond motifs is 1. The molecule has 108 valence electrons. The number of alkyl halides is 1. The van der Waals surface area contributed by atoms with Crippen molar-refractivity contribution in [3.05, 3.63) is 22.9 Å². The summed E-state index contributed by atoms with van der Waals surface area (Å²) in [5.74, 6) is 0.804. The second kappa shape index (κ2) is 4.85. The molecule has 2 aromatic heterocycles. The summed E-state index contributed by atoms with van der Waals surface area (Å²) in [4.78, 5) is 18.0. The summed E-state index contributed by atoms with van der Waals surface area (Å²) in [7, 11) is 0. The van der Waals surface area contributed by atoms with Crippen LogP contribution in [0.3, 0.4) is 0 Å². The van der Waals surface area contributed by atoms with Gasteiger partial charge in [0.05, 0.1) is 11.7 Å². The van der Waals surface area contributed by atoms with E-state index in [0.717, 1.165) is 24.2 Å². The van der Waals surface area contributed by atoms with Crippen molar-refractivity contribution in [2.45, 2.75) is 25.6 Å². The van der Waals surface area contributed by atoms with Crippen LogP contribution >= 0.6 is 15.9 Å². The number of morpholine rings is 1. The molecule has 0 saturated carbocycles. The number of ether oxygens (including phenoxy) is 1. The number of anilines is 1. The molecule has 0 bridgehead atoms. The Balaban J connectivity index is 1.95. The van der Waals surface area contributed by atoms with Gasteiger partial charge in [0.15, 0.2) is 5.65 Å². The second-order valence-electron chi connectivity index (χ2n) is 5.54. The van der Waals surface area contributed by atoms with Crippen LogP contribution < -0.4 is 10.6 Å². The topological polar surface area (TPSA) is 75.5 Å². The number of nitrogens with zero attached hydrogens (tertiary/aromatic N) is 4. The molecule has 20 heavy (non-hydrogen) atoms. The zero-order valence-corrected chi connectivity index (χ0v) is 12.9. The highest BCUT2D eigenvalue weighted by molar-refractivity contribution is 9.09. The predicted octanol–water partition coefficient (Wildman–Crippen LogP) is 0.796. The van der Waals surface area contributed by atoms with Crippen LogP contribution in [0.4, 0.5) is 5.82 Å². The first-order valence-corrected chi connectivity index (χ1v) is 7.52. The summed E-state index contributed by atoms with van der Waals surface area (Å²) in [5, 5.41) is 7.15. The molecule has 0 amide bonds. The van der Waals surface area contributed by atoms with E-state index in [2.05, 4.69) is 49.9 Å². The van der Waals surface area contributed by atoms with Crippen molar-refractivity contribution in [3.63, 3.8) is 0 Å². The Bertz CT molecular complexity index is 680. The molecular formula is C12H16BrN5O2. The fourth-order valence-electron chi connectivity index (χ4n) is 2.52. The Labute approximate surface area is 124 Å². The van der Waals surface area contributed by atoms with Gasteiger partial charge in [-0.25, -0.2) is 19.3 Å². The molecule has 3 rings (SSSR count). The molecule has 1 saturated heterocycles. The van der Waals surface area contributed by atoms with E-state index in [1.54, 1.807) is 0 Å². The van der Waals surface area contributed by atoms with E-state index < -0.39 is 0 Å². The van der Waals surface area contributed by atoms with Crippen LogP contribution in [-0.2, 0) is 4.74 Å². The molecule has 1 aliphatic rings. The number of aromatic amines is 1. The van der Waals surface area contributed by atoms with Gasteiger partial charge in [0.25, 0.3) is 0 Å². The number of aromatic nitrogens is 4. The minimum Gasteiger partial charge on any atom is -0.368 e. The minimum atomic E-state index is -0.278. The maximum absolute atomic E-state index is 11.4. The van der Waals surface area contributed by atoms with Gasteiger partial charge >= 0.3 is 5.69 Å². The van der Waals surface area contributed by atoms with Crippen LogP contribution in [-0.4, -0.2) is 49.7 Å². The lowest BCUT2D eigenvalue weighted by molar-refractivity contribution is -0.0726. The lowest BCUT2D eigenvalue weighted by Gasteiger charge is -2.42. The lowest BCUT2D eigenvalue weighted by atomic mass is 10.1. The molecule has 0 spiro atoms. The molecule has 0 aromatic carbocycles. The molecule has 1 N–H and O–H groups in total. The van der Waals surface area contributed by atoms with Crippen molar-refractivity contribution in [2.24, 2.45) is 0 Å². The van der Waals surface area contributed by atoms with Crippen LogP contribution in [0.5, 0.6) is 0 Å². The lowest BCUT2D eigenvalue weighted by Crippen LogP contribution is -2.53. The van der Waals surface area contributed by atoms with Crippen LogP contribution in [0, 0.1) is 0 Å². The summed E-state index contributed by atoms with van der Waals surface area (Å²) < 4.78 is 7.36. The molecule has 7 nitrogen and oxygen atoms in total. The Morgan fingerprint density at radius 1 is 1.60 bits per heavy atom. The maximum Gasteiger partial charge on any atom is 0.348 e. The van der Waals surface area contributed by atoms with Crippen LogP contribution in [0.15, 0.2) is 17.2 Å². The molecule has 1 aliphatic heterocycles. The van der Waals surface area contributed by atoms with Gasteiger partial charge < -0.3 is 9.64 Å². The monoisotopic (exact) mass is 341 g/mol. The predicted molar refractivity (Wildman–Crippen MR) is 78.6 cm³/mol. The quantitative estimate of drug-likeness (QED) is 0.817. The highest BCUT2D eigenvalue weighted by Gasteiger charge is 2.33. The third kappa shape index (κ3) is 2.45.